The van der Waals surface area contributed by atoms with Gasteiger partial charge in [0.05, 0.1) is 11.4 Å². The topological polar surface area (TPSA) is 94.3 Å². The Morgan fingerprint density at radius 1 is 0.889 bits per heavy atom. The summed E-state index contributed by atoms with van der Waals surface area (Å²) in [5.74, 6) is -0.710. The van der Waals surface area contributed by atoms with E-state index in [4.69, 9.17) is 14.8 Å². The van der Waals surface area contributed by atoms with E-state index in [1.165, 1.54) is 16.7 Å². The molecule has 0 spiro atoms. The monoisotopic (exact) mass is 487 g/mol. The van der Waals surface area contributed by atoms with Crippen molar-refractivity contribution in [3.8, 4) is 22.5 Å². The van der Waals surface area contributed by atoms with Crippen molar-refractivity contribution in [1.82, 2.24) is 14.5 Å². The predicted octanol–water partition coefficient (Wildman–Crippen LogP) is 6.12. The molecular formula is C28H26FN3O4. The van der Waals surface area contributed by atoms with E-state index in [0.717, 1.165) is 5.56 Å². The van der Waals surface area contributed by atoms with Crippen LogP contribution in [-0.2, 0) is 22.6 Å². The van der Waals surface area contributed by atoms with Crippen molar-refractivity contribution in [2.24, 2.45) is 0 Å². The molecule has 184 valence electrons. The molecule has 0 saturated carbocycles. The molecule has 0 unspecified atom stereocenters. The van der Waals surface area contributed by atoms with E-state index in [1.54, 1.807) is 36.7 Å². The van der Waals surface area contributed by atoms with E-state index in [1.807, 2.05) is 30.3 Å². The number of halogens is 1. The number of hydrogen-bond donors (Lipinski definition) is 1. The molecule has 2 heterocycles. The molecule has 0 radical (unpaired) electrons. The van der Waals surface area contributed by atoms with Gasteiger partial charge in [0.15, 0.2) is 0 Å². The van der Waals surface area contributed by atoms with Gasteiger partial charge in [0.1, 0.15) is 18.2 Å². The van der Waals surface area contributed by atoms with Crippen LogP contribution in [0.5, 0.6) is 0 Å². The number of carbonyl (C=O) groups is 2. The molecular weight excluding hydrogens is 461 g/mol. The second-order valence-corrected chi connectivity index (χ2v) is 8.30. The first kappa shape index (κ1) is 24.8. The Bertz CT molecular complexity index is 1310. The van der Waals surface area contributed by atoms with Crippen LogP contribution in [0.15, 0.2) is 79.1 Å². The molecule has 0 amide bonds. The van der Waals surface area contributed by atoms with Crippen LogP contribution in [0.1, 0.15) is 37.1 Å². The minimum absolute atomic E-state index is 0.0939. The van der Waals surface area contributed by atoms with Crippen molar-refractivity contribution >= 4 is 12.1 Å². The van der Waals surface area contributed by atoms with Gasteiger partial charge in [-0.1, -0.05) is 36.8 Å². The number of carboxylic acids is 1. The van der Waals surface area contributed by atoms with Gasteiger partial charge in [0.2, 0.25) is 0 Å². The fraction of sp³-hybridized carbons (Fsp3) is 0.214. The van der Waals surface area contributed by atoms with Crippen LogP contribution in [-0.4, -0.2) is 31.7 Å². The average Bonchev–Trinajstić information content (AvgIpc) is 3.28. The molecule has 7 nitrogen and oxygen atoms in total. The average molecular weight is 488 g/mol. The van der Waals surface area contributed by atoms with Crippen LogP contribution in [0.4, 0.5) is 9.18 Å². The van der Waals surface area contributed by atoms with Crippen LogP contribution in [0.3, 0.4) is 0 Å². The molecule has 2 aromatic heterocycles. The molecule has 0 aliphatic rings. The number of ether oxygens (including phenoxy) is 1. The summed E-state index contributed by atoms with van der Waals surface area (Å²) in [4.78, 5) is 33.2. The zero-order chi connectivity index (χ0) is 25.3. The second-order valence-electron chi connectivity index (χ2n) is 8.30. The number of rotatable bonds is 10. The molecule has 0 atom stereocenters. The van der Waals surface area contributed by atoms with E-state index < -0.39 is 12.1 Å². The first-order chi connectivity index (χ1) is 17.5. The quantitative estimate of drug-likeness (QED) is 0.271. The summed E-state index contributed by atoms with van der Waals surface area (Å²) in [5.41, 5.74) is 3.28. The highest BCUT2D eigenvalue weighted by atomic mass is 19.1. The third kappa shape index (κ3) is 6.21. The lowest BCUT2D eigenvalue weighted by Gasteiger charge is -2.12. The Labute approximate surface area is 208 Å². The van der Waals surface area contributed by atoms with Gasteiger partial charge in [-0.2, -0.15) is 0 Å². The van der Waals surface area contributed by atoms with Crippen LogP contribution in [0.2, 0.25) is 0 Å². The molecule has 8 heteroatoms. The Hall–Kier alpha value is -4.33. The fourth-order valence-electron chi connectivity index (χ4n) is 3.94. The molecule has 0 saturated heterocycles. The van der Waals surface area contributed by atoms with E-state index in [2.05, 4.69) is 4.98 Å². The van der Waals surface area contributed by atoms with Crippen LogP contribution in [0.25, 0.3) is 22.5 Å². The van der Waals surface area contributed by atoms with Gasteiger partial charge in [0, 0.05) is 36.4 Å². The first-order valence-corrected chi connectivity index (χ1v) is 11.7. The number of pyridine rings is 1. The molecule has 0 aliphatic heterocycles. The lowest BCUT2D eigenvalue weighted by Crippen LogP contribution is -2.18. The standard InChI is InChI=1S/C28H26FN3O4/c29-23-13-11-21(12-14-23)26-27(22-15-17-30-18-16-22)32(24(31-26)9-5-2-6-10-25(33)34)28(35)36-19-20-7-3-1-4-8-20/h1,3-4,7-8,11-18H,2,5-6,9-10,19H2,(H,33,34). The summed E-state index contributed by atoms with van der Waals surface area (Å²) in [6.07, 6.45) is 5.08. The van der Waals surface area contributed by atoms with Gasteiger partial charge in [-0.15, -0.1) is 0 Å². The number of aromatic nitrogens is 3. The zero-order valence-electron chi connectivity index (χ0n) is 19.6. The number of unbranched alkanes of at least 4 members (excludes halogenated alkanes) is 2. The van der Waals surface area contributed by atoms with Crippen molar-refractivity contribution in [1.29, 1.82) is 0 Å². The van der Waals surface area contributed by atoms with Gasteiger partial charge in [-0.05, 0) is 54.8 Å². The number of carboxylic acid groups (broad SMARTS) is 1. The van der Waals surface area contributed by atoms with Crippen molar-refractivity contribution < 1.29 is 23.8 Å². The number of hydrogen-bond acceptors (Lipinski definition) is 5. The molecule has 2 aromatic carbocycles. The molecule has 0 bridgehead atoms. The van der Waals surface area contributed by atoms with Crippen molar-refractivity contribution in [2.75, 3.05) is 0 Å². The van der Waals surface area contributed by atoms with Gasteiger partial charge >= 0.3 is 12.1 Å². The molecule has 4 rings (SSSR count). The Kier molecular flexibility index (Phi) is 8.18. The first-order valence-electron chi connectivity index (χ1n) is 11.7. The highest BCUT2D eigenvalue weighted by molar-refractivity contribution is 5.87. The number of aliphatic carboxylic acids is 1. The summed E-state index contributed by atoms with van der Waals surface area (Å²) in [5, 5.41) is 8.90. The number of carbonyl (C=O) groups excluding carboxylic acids is 1. The highest BCUT2D eigenvalue weighted by Gasteiger charge is 2.25. The third-order valence-corrected chi connectivity index (χ3v) is 5.70. The summed E-state index contributed by atoms with van der Waals surface area (Å²) >= 11 is 0. The van der Waals surface area contributed by atoms with E-state index in [0.29, 0.717) is 54.0 Å². The number of nitrogens with zero attached hydrogens (tertiary/aromatic N) is 3. The molecule has 36 heavy (non-hydrogen) atoms. The minimum atomic E-state index is -0.834. The van der Waals surface area contributed by atoms with Gasteiger partial charge in [-0.25, -0.2) is 18.7 Å². The summed E-state index contributed by atoms with van der Waals surface area (Å²) in [6.45, 7) is 0.0948. The largest absolute Gasteiger partial charge is 0.481 e. The second kappa shape index (κ2) is 11.9. The summed E-state index contributed by atoms with van der Waals surface area (Å²) in [6, 6.07) is 18.9. The van der Waals surface area contributed by atoms with Gasteiger partial charge in [-0.3, -0.25) is 9.78 Å². The Balaban J connectivity index is 1.73. The molecule has 4 aromatic rings. The van der Waals surface area contributed by atoms with Crippen molar-refractivity contribution in [2.45, 2.75) is 38.7 Å². The maximum atomic E-state index is 13.6. The summed E-state index contributed by atoms with van der Waals surface area (Å²) < 4.78 is 20.8. The van der Waals surface area contributed by atoms with Crippen LogP contribution in [0, 0.1) is 5.82 Å². The predicted molar refractivity (Wildman–Crippen MR) is 133 cm³/mol. The SMILES string of the molecule is O=C(O)CCCCCc1nc(-c2ccc(F)cc2)c(-c2ccncc2)n1C(=O)OCc1ccccc1. The zero-order valence-corrected chi connectivity index (χ0v) is 19.6. The van der Waals surface area contributed by atoms with E-state index >= 15 is 0 Å². The smallest absolute Gasteiger partial charge is 0.420 e. The van der Waals surface area contributed by atoms with Crippen molar-refractivity contribution in [3.05, 3.63) is 96.3 Å². The molecule has 1 N–H and O–H groups in total. The third-order valence-electron chi connectivity index (χ3n) is 5.70. The fourth-order valence-corrected chi connectivity index (χ4v) is 3.94. The normalized spacial score (nSPS) is 10.8. The van der Waals surface area contributed by atoms with Crippen LogP contribution < -0.4 is 0 Å². The Morgan fingerprint density at radius 2 is 1.61 bits per heavy atom. The number of imidazole rings is 1. The Morgan fingerprint density at radius 3 is 2.31 bits per heavy atom. The number of benzene rings is 2. The molecule has 0 aliphatic carbocycles. The molecule has 0 fully saturated rings. The highest BCUT2D eigenvalue weighted by Crippen LogP contribution is 2.33. The number of aryl methyl sites for hydroxylation is 1. The maximum Gasteiger partial charge on any atom is 0.420 e. The van der Waals surface area contributed by atoms with E-state index in [-0.39, 0.29) is 18.8 Å². The van der Waals surface area contributed by atoms with Crippen molar-refractivity contribution in [3.63, 3.8) is 0 Å². The lowest BCUT2D eigenvalue weighted by molar-refractivity contribution is -0.137. The van der Waals surface area contributed by atoms with Crippen LogP contribution >= 0.6 is 0 Å². The van der Waals surface area contributed by atoms with Gasteiger partial charge in [0.25, 0.3) is 0 Å². The van der Waals surface area contributed by atoms with Gasteiger partial charge < -0.3 is 9.84 Å². The lowest BCUT2D eigenvalue weighted by atomic mass is 10.1. The minimum Gasteiger partial charge on any atom is -0.481 e. The summed E-state index contributed by atoms with van der Waals surface area (Å²) in [7, 11) is 0. The maximum absolute atomic E-state index is 13.6. The van der Waals surface area contributed by atoms with E-state index in [9.17, 15) is 14.0 Å².